The molecule has 12 heteroatoms. The number of benzene rings is 2. The molecule has 1 atom stereocenters. The first kappa shape index (κ1) is 30.0. The molecule has 8 nitrogen and oxygen atoms in total. The third kappa shape index (κ3) is 7.12. The van der Waals surface area contributed by atoms with Crippen LogP contribution in [0.2, 0.25) is 0 Å². The average Bonchev–Trinajstić information content (AvgIpc) is 2.96. The molecule has 43 heavy (non-hydrogen) atoms. The predicted molar refractivity (Wildman–Crippen MR) is 157 cm³/mol. The molecule has 1 fully saturated rings. The number of piperazine rings is 1. The maximum absolute atomic E-state index is 14.4. The van der Waals surface area contributed by atoms with Crippen LogP contribution >= 0.6 is 0 Å². The zero-order valence-corrected chi connectivity index (χ0v) is 24.4. The van der Waals surface area contributed by atoms with Crippen LogP contribution in [0.15, 0.2) is 66.9 Å². The number of anilines is 4. The van der Waals surface area contributed by atoms with Crippen molar-refractivity contribution in [3.8, 4) is 6.01 Å². The van der Waals surface area contributed by atoms with E-state index in [2.05, 4.69) is 46.0 Å². The van der Waals surface area contributed by atoms with Crippen LogP contribution in [0.3, 0.4) is 0 Å². The number of nitrogens with one attached hydrogen (secondary N) is 1. The maximum atomic E-state index is 14.4. The van der Waals surface area contributed by atoms with Crippen LogP contribution in [0.4, 0.5) is 41.0 Å². The van der Waals surface area contributed by atoms with Gasteiger partial charge in [0.1, 0.15) is 6.61 Å². The monoisotopic (exact) mass is 595 g/mol. The molecule has 2 aromatic heterocycles. The van der Waals surface area contributed by atoms with Gasteiger partial charge in [0.25, 0.3) is 0 Å². The van der Waals surface area contributed by atoms with Gasteiger partial charge in [-0.25, -0.2) is 9.37 Å². The molecule has 0 amide bonds. The van der Waals surface area contributed by atoms with Crippen molar-refractivity contribution in [3.05, 3.63) is 89.4 Å². The molecule has 0 saturated carbocycles. The molecule has 5 rings (SSSR count). The summed E-state index contributed by atoms with van der Waals surface area (Å²) in [6.45, 7) is 9.28. The van der Waals surface area contributed by atoms with Gasteiger partial charge in [-0.2, -0.15) is 28.1 Å². The molecule has 1 saturated heterocycles. The highest BCUT2D eigenvalue weighted by atomic mass is 19.4. The van der Waals surface area contributed by atoms with E-state index in [1.807, 2.05) is 41.0 Å². The van der Waals surface area contributed by atoms with Gasteiger partial charge in [0, 0.05) is 43.1 Å². The highest BCUT2D eigenvalue weighted by molar-refractivity contribution is 5.56. The molecule has 4 aromatic rings. The first-order chi connectivity index (χ1) is 20.4. The van der Waals surface area contributed by atoms with Gasteiger partial charge >= 0.3 is 12.2 Å². The Bertz CT molecular complexity index is 1560. The summed E-state index contributed by atoms with van der Waals surface area (Å²) in [5, 5.41) is 3.17. The van der Waals surface area contributed by atoms with Crippen molar-refractivity contribution in [3.63, 3.8) is 0 Å². The molecule has 0 aliphatic carbocycles. The zero-order valence-electron chi connectivity index (χ0n) is 24.4. The number of ether oxygens (including phenoxy) is 1. The summed E-state index contributed by atoms with van der Waals surface area (Å²) in [5.41, 5.74) is 1.03. The lowest BCUT2D eigenvalue weighted by Crippen LogP contribution is -2.53. The van der Waals surface area contributed by atoms with Crippen LogP contribution in [0, 0.1) is 5.82 Å². The summed E-state index contributed by atoms with van der Waals surface area (Å²) in [7, 11) is 0. The van der Waals surface area contributed by atoms with Gasteiger partial charge in [0.15, 0.2) is 11.6 Å². The van der Waals surface area contributed by atoms with Gasteiger partial charge in [0.2, 0.25) is 11.9 Å². The lowest BCUT2D eigenvalue weighted by atomic mass is 9.87. The standard InChI is InChI=1S/C31H33F4N7O/c1-20-18-41(26-25(32)10-7-15-36-26)16-17-42(20)28-38-27(37-23-13-11-22(12-14-23)30(2,3)4)39-29(40-28)43-19-21-8-5-6-9-24(21)31(33,34)35/h5-15,20H,16-19H2,1-4H3,(H,37,38,39,40). The van der Waals surface area contributed by atoms with Crippen molar-refractivity contribution in [2.24, 2.45) is 0 Å². The molecule has 1 N–H and O–H groups in total. The number of hydrogen-bond acceptors (Lipinski definition) is 8. The summed E-state index contributed by atoms with van der Waals surface area (Å²) in [5.74, 6) is 0.342. The fourth-order valence-corrected chi connectivity index (χ4v) is 4.90. The average molecular weight is 596 g/mol. The topological polar surface area (TPSA) is 79.3 Å². The highest BCUT2D eigenvalue weighted by Gasteiger charge is 2.33. The van der Waals surface area contributed by atoms with E-state index in [1.54, 1.807) is 12.3 Å². The van der Waals surface area contributed by atoms with Crippen molar-refractivity contribution in [2.45, 2.75) is 51.9 Å². The Labute approximate surface area is 247 Å². The molecule has 3 heterocycles. The first-order valence-electron chi connectivity index (χ1n) is 13.9. The maximum Gasteiger partial charge on any atom is 0.416 e. The third-order valence-corrected chi connectivity index (χ3v) is 7.21. The Hall–Kier alpha value is -4.48. The minimum absolute atomic E-state index is 0.0248. The number of hydrogen-bond donors (Lipinski definition) is 1. The second-order valence-electron chi connectivity index (χ2n) is 11.4. The van der Waals surface area contributed by atoms with Gasteiger partial charge in [-0.15, -0.1) is 0 Å². The highest BCUT2D eigenvalue weighted by Crippen LogP contribution is 2.33. The van der Waals surface area contributed by atoms with Crippen molar-refractivity contribution in [1.82, 2.24) is 19.9 Å². The van der Waals surface area contributed by atoms with Crippen molar-refractivity contribution >= 4 is 23.4 Å². The Kier molecular flexibility index (Phi) is 8.38. The second kappa shape index (κ2) is 12.0. The quantitative estimate of drug-likeness (QED) is 0.235. The third-order valence-electron chi connectivity index (χ3n) is 7.21. The Morgan fingerprint density at radius 2 is 1.67 bits per heavy atom. The Morgan fingerprint density at radius 1 is 0.930 bits per heavy atom. The molecule has 0 spiro atoms. The molecule has 1 aliphatic rings. The number of aromatic nitrogens is 4. The van der Waals surface area contributed by atoms with Crippen molar-refractivity contribution in [2.75, 3.05) is 34.8 Å². The molecule has 1 unspecified atom stereocenters. The van der Waals surface area contributed by atoms with E-state index in [0.29, 0.717) is 19.6 Å². The van der Waals surface area contributed by atoms with E-state index < -0.39 is 17.6 Å². The van der Waals surface area contributed by atoms with Gasteiger partial charge in [-0.1, -0.05) is 51.1 Å². The summed E-state index contributed by atoms with van der Waals surface area (Å²) >= 11 is 0. The van der Waals surface area contributed by atoms with Crippen molar-refractivity contribution < 1.29 is 22.3 Å². The van der Waals surface area contributed by atoms with E-state index in [1.165, 1.54) is 24.3 Å². The summed E-state index contributed by atoms with van der Waals surface area (Å²) < 4.78 is 60.8. The minimum Gasteiger partial charge on any atom is -0.458 e. The second-order valence-corrected chi connectivity index (χ2v) is 11.4. The molecule has 1 aliphatic heterocycles. The van der Waals surface area contributed by atoms with Gasteiger partial charge in [-0.3, -0.25) is 0 Å². The van der Waals surface area contributed by atoms with Gasteiger partial charge in [-0.05, 0) is 48.2 Å². The molecule has 2 aromatic carbocycles. The van der Waals surface area contributed by atoms with Crippen LogP contribution in [0.25, 0.3) is 0 Å². The predicted octanol–water partition coefficient (Wildman–Crippen LogP) is 6.76. The van der Waals surface area contributed by atoms with E-state index >= 15 is 0 Å². The number of halogens is 4. The normalized spacial score (nSPS) is 15.9. The molecule has 0 radical (unpaired) electrons. The number of pyridine rings is 1. The SMILES string of the molecule is CC1CN(c2ncccc2F)CCN1c1nc(Nc2ccc(C(C)(C)C)cc2)nc(OCc2ccccc2C(F)(F)F)n1. The summed E-state index contributed by atoms with van der Waals surface area (Å²) in [6, 6.07) is 15.7. The van der Waals surface area contributed by atoms with Gasteiger partial charge in [0.05, 0.1) is 5.56 Å². The summed E-state index contributed by atoms with van der Waals surface area (Å²) in [6.07, 6.45) is -2.98. The summed E-state index contributed by atoms with van der Waals surface area (Å²) in [4.78, 5) is 21.4. The smallest absolute Gasteiger partial charge is 0.416 e. The fourth-order valence-electron chi connectivity index (χ4n) is 4.90. The van der Waals surface area contributed by atoms with E-state index in [4.69, 9.17) is 4.74 Å². The first-order valence-corrected chi connectivity index (χ1v) is 13.9. The zero-order chi connectivity index (χ0) is 30.8. The number of alkyl halides is 3. The van der Waals surface area contributed by atoms with Crippen molar-refractivity contribution in [1.29, 1.82) is 0 Å². The number of nitrogens with zero attached hydrogens (tertiary/aromatic N) is 6. The molecular weight excluding hydrogens is 562 g/mol. The molecular formula is C31H33F4N7O. The van der Waals surface area contributed by atoms with Gasteiger partial charge < -0.3 is 19.9 Å². The van der Waals surface area contributed by atoms with E-state index in [-0.39, 0.29) is 47.4 Å². The molecule has 226 valence electrons. The fraction of sp³-hybridized carbons (Fsp3) is 0.355. The van der Waals surface area contributed by atoms with Crippen LogP contribution in [0.1, 0.15) is 44.4 Å². The number of rotatable bonds is 7. The van der Waals surface area contributed by atoms with E-state index in [9.17, 15) is 17.6 Å². The van der Waals surface area contributed by atoms with Crippen LogP contribution in [0.5, 0.6) is 6.01 Å². The largest absolute Gasteiger partial charge is 0.458 e. The van der Waals surface area contributed by atoms with Crippen LogP contribution in [-0.2, 0) is 18.2 Å². The minimum atomic E-state index is -4.53. The lowest BCUT2D eigenvalue weighted by Gasteiger charge is -2.40. The Morgan fingerprint density at radius 3 is 2.35 bits per heavy atom. The lowest BCUT2D eigenvalue weighted by molar-refractivity contribution is -0.138. The van der Waals surface area contributed by atoms with E-state index in [0.717, 1.165) is 17.3 Å². The van der Waals surface area contributed by atoms with Crippen LogP contribution in [-0.4, -0.2) is 45.6 Å². The van der Waals surface area contributed by atoms with Crippen LogP contribution < -0.4 is 19.9 Å². The molecule has 0 bridgehead atoms. The Balaban J connectivity index is 1.42.